The molecule has 1 aliphatic rings. The second-order valence-electron chi connectivity index (χ2n) is 5.35. The fourth-order valence-electron chi connectivity index (χ4n) is 2.27. The topological polar surface area (TPSA) is 119 Å². The predicted molar refractivity (Wildman–Crippen MR) is 91.0 cm³/mol. The van der Waals surface area contributed by atoms with E-state index in [1.165, 1.54) is 7.11 Å². The number of aromatic nitrogens is 1. The van der Waals surface area contributed by atoms with Crippen molar-refractivity contribution in [3.05, 3.63) is 23.9 Å². The second kappa shape index (κ2) is 10.3. The molecule has 2 heterocycles. The number of hydrogen-bond acceptors (Lipinski definition) is 8. The minimum Gasteiger partial charge on any atom is -0.452 e. The van der Waals surface area contributed by atoms with E-state index in [4.69, 9.17) is 14.2 Å². The number of nitrogens with one attached hydrogen (secondary N) is 2. The third kappa shape index (κ3) is 5.97. The number of hydrogen-bond donors (Lipinski definition) is 2. The number of esters is 1. The van der Waals surface area contributed by atoms with E-state index in [1.54, 1.807) is 18.3 Å². The lowest BCUT2D eigenvalue weighted by Crippen LogP contribution is -2.42. The van der Waals surface area contributed by atoms with Gasteiger partial charge in [-0.25, -0.2) is 14.6 Å². The molecule has 0 aromatic carbocycles. The van der Waals surface area contributed by atoms with Crippen molar-refractivity contribution in [2.75, 3.05) is 58.1 Å². The van der Waals surface area contributed by atoms with Crippen molar-refractivity contribution in [2.24, 2.45) is 0 Å². The number of urea groups is 1. The molecule has 1 aliphatic heterocycles. The summed E-state index contributed by atoms with van der Waals surface area (Å²) in [5.74, 6) is -0.932. The largest absolute Gasteiger partial charge is 0.452 e. The number of nitrogens with zero attached hydrogens (tertiary/aromatic N) is 2. The first kappa shape index (κ1) is 19.6. The van der Waals surface area contributed by atoms with E-state index in [0.29, 0.717) is 38.7 Å². The number of carbonyl (C=O) groups excluding carboxylic acids is 3. The molecule has 142 valence electrons. The van der Waals surface area contributed by atoms with Crippen LogP contribution in [0.15, 0.2) is 18.3 Å². The average Bonchev–Trinajstić information content (AvgIpc) is 2.67. The standard InChI is InChI=1S/C16H22N4O6/c1-24-8-5-18-16(23)19-13(21)11-26-15(22)12-3-2-4-17-14(12)20-6-9-25-10-7-20/h2-4H,5-11H2,1H3,(H2,18,19,21,23). The molecular weight excluding hydrogens is 344 g/mol. The molecule has 26 heavy (non-hydrogen) atoms. The zero-order valence-electron chi connectivity index (χ0n) is 14.5. The lowest BCUT2D eigenvalue weighted by molar-refractivity contribution is -0.123. The molecule has 1 aromatic rings. The van der Waals surface area contributed by atoms with Crippen LogP contribution in [-0.2, 0) is 19.0 Å². The van der Waals surface area contributed by atoms with Crippen molar-refractivity contribution in [3.8, 4) is 0 Å². The lowest BCUT2D eigenvalue weighted by atomic mass is 10.2. The molecule has 0 spiro atoms. The third-order valence-electron chi connectivity index (χ3n) is 3.50. The van der Waals surface area contributed by atoms with E-state index in [9.17, 15) is 14.4 Å². The van der Waals surface area contributed by atoms with Crippen LogP contribution >= 0.6 is 0 Å². The normalized spacial score (nSPS) is 13.8. The smallest absolute Gasteiger partial charge is 0.342 e. The maximum absolute atomic E-state index is 12.3. The van der Waals surface area contributed by atoms with Gasteiger partial charge in [-0.2, -0.15) is 0 Å². The Kier molecular flexibility index (Phi) is 7.77. The molecule has 0 aliphatic carbocycles. The molecule has 10 nitrogen and oxygen atoms in total. The Balaban J connectivity index is 1.86. The van der Waals surface area contributed by atoms with Crippen LogP contribution in [0.1, 0.15) is 10.4 Å². The van der Waals surface area contributed by atoms with Crippen molar-refractivity contribution >= 4 is 23.7 Å². The Hall–Kier alpha value is -2.72. The van der Waals surface area contributed by atoms with Gasteiger partial charge in [0.1, 0.15) is 11.4 Å². The molecule has 2 rings (SSSR count). The zero-order chi connectivity index (χ0) is 18.8. The number of methoxy groups -OCH3 is 1. The van der Waals surface area contributed by atoms with Gasteiger partial charge in [-0.1, -0.05) is 0 Å². The van der Waals surface area contributed by atoms with E-state index in [0.717, 1.165) is 0 Å². The van der Waals surface area contributed by atoms with Crippen molar-refractivity contribution in [1.29, 1.82) is 0 Å². The van der Waals surface area contributed by atoms with Crippen molar-refractivity contribution in [2.45, 2.75) is 0 Å². The van der Waals surface area contributed by atoms with Gasteiger partial charge in [0.25, 0.3) is 5.91 Å². The minimum absolute atomic E-state index is 0.256. The summed E-state index contributed by atoms with van der Waals surface area (Å²) in [6.45, 7) is 2.32. The summed E-state index contributed by atoms with van der Waals surface area (Å²) in [7, 11) is 1.49. The fourth-order valence-corrected chi connectivity index (χ4v) is 2.27. The maximum atomic E-state index is 12.3. The maximum Gasteiger partial charge on any atom is 0.342 e. The van der Waals surface area contributed by atoms with Crippen LogP contribution in [0.5, 0.6) is 0 Å². The lowest BCUT2D eigenvalue weighted by Gasteiger charge is -2.28. The van der Waals surface area contributed by atoms with Gasteiger partial charge in [-0.15, -0.1) is 0 Å². The summed E-state index contributed by atoms with van der Waals surface area (Å²) in [6.07, 6.45) is 1.58. The molecule has 3 amide bonds. The Labute approximate surface area is 150 Å². The van der Waals surface area contributed by atoms with Gasteiger partial charge in [0.15, 0.2) is 6.61 Å². The Morgan fingerprint density at radius 3 is 2.81 bits per heavy atom. The van der Waals surface area contributed by atoms with Crippen molar-refractivity contribution < 1.29 is 28.6 Å². The highest BCUT2D eigenvalue weighted by Crippen LogP contribution is 2.19. The molecule has 0 bridgehead atoms. The highest BCUT2D eigenvalue weighted by molar-refractivity contribution is 5.98. The number of anilines is 1. The average molecular weight is 366 g/mol. The summed E-state index contributed by atoms with van der Waals surface area (Å²) >= 11 is 0. The molecule has 1 saturated heterocycles. The molecule has 2 N–H and O–H groups in total. The van der Waals surface area contributed by atoms with Gasteiger partial charge >= 0.3 is 12.0 Å². The van der Waals surface area contributed by atoms with E-state index >= 15 is 0 Å². The van der Waals surface area contributed by atoms with Gasteiger partial charge in [0.05, 0.1) is 19.8 Å². The summed E-state index contributed by atoms with van der Waals surface area (Å²) in [5.41, 5.74) is 0.256. The van der Waals surface area contributed by atoms with Crippen LogP contribution < -0.4 is 15.5 Å². The first-order chi connectivity index (χ1) is 12.6. The molecule has 1 aromatic heterocycles. The quantitative estimate of drug-likeness (QED) is 0.492. The highest BCUT2D eigenvalue weighted by Gasteiger charge is 2.21. The van der Waals surface area contributed by atoms with Gasteiger partial charge in [0, 0.05) is 32.9 Å². The third-order valence-corrected chi connectivity index (χ3v) is 3.50. The summed E-state index contributed by atoms with van der Waals surface area (Å²) in [6, 6.07) is 2.51. The number of carbonyl (C=O) groups is 3. The molecule has 0 saturated carbocycles. The van der Waals surface area contributed by atoms with Gasteiger partial charge in [0.2, 0.25) is 0 Å². The summed E-state index contributed by atoms with van der Waals surface area (Å²) in [5, 5.41) is 4.48. The predicted octanol–water partition coefficient (Wildman–Crippen LogP) is -0.453. The SMILES string of the molecule is COCCNC(=O)NC(=O)COC(=O)c1cccnc1N1CCOCC1. The minimum atomic E-state index is -0.731. The number of rotatable bonds is 7. The Bertz CT molecular complexity index is 633. The highest BCUT2D eigenvalue weighted by atomic mass is 16.5. The zero-order valence-corrected chi connectivity index (χ0v) is 14.5. The number of morpholine rings is 1. The molecule has 1 fully saturated rings. The molecule has 10 heteroatoms. The molecule has 0 atom stereocenters. The monoisotopic (exact) mass is 366 g/mol. The Morgan fingerprint density at radius 2 is 2.08 bits per heavy atom. The van der Waals surface area contributed by atoms with Crippen LogP contribution in [0.4, 0.5) is 10.6 Å². The van der Waals surface area contributed by atoms with E-state index in [1.807, 2.05) is 4.90 Å². The van der Waals surface area contributed by atoms with Crippen LogP contribution in [0.3, 0.4) is 0 Å². The molecular formula is C16H22N4O6. The number of pyridine rings is 1. The number of ether oxygens (including phenoxy) is 3. The molecule has 0 unspecified atom stereocenters. The van der Waals surface area contributed by atoms with Crippen LogP contribution in [0, 0.1) is 0 Å². The van der Waals surface area contributed by atoms with E-state index in [2.05, 4.69) is 15.6 Å². The molecule has 0 radical (unpaired) electrons. The van der Waals surface area contributed by atoms with Crippen LogP contribution in [-0.4, -0.2) is 76.1 Å². The summed E-state index contributed by atoms with van der Waals surface area (Å²) in [4.78, 5) is 41.6. The fraction of sp³-hybridized carbons (Fsp3) is 0.500. The summed E-state index contributed by atoms with van der Waals surface area (Å²) < 4.78 is 15.1. The first-order valence-corrected chi connectivity index (χ1v) is 8.13. The van der Waals surface area contributed by atoms with E-state index < -0.39 is 24.5 Å². The van der Waals surface area contributed by atoms with Gasteiger partial charge < -0.3 is 24.4 Å². The number of imide groups is 1. The van der Waals surface area contributed by atoms with Crippen molar-refractivity contribution in [1.82, 2.24) is 15.6 Å². The Morgan fingerprint density at radius 1 is 1.31 bits per heavy atom. The second-order valence-corrected chi connectivity index (χ2v) is 5.35. The van der Waals surface area contributed by atoms with Crippen LogP contribution in [0.25, 0.3) is 0 Å². The number of amides is 3. The first-order valence-electron chi connectivity index (χ1n) is 8.13. The van der Waals surface area contributed by atoms with E-state index in [-0.39, 0.29) is 12.1 Å². The van der Waals surface area contributed by atoms with Crippen LogP contribution in [0.2, 0.25) is 0 Å². The van der Waals surface area contributed by atoms with Gasteiger partial charge in [-0.3, -0.25) is 10.1 Å². The van der Waals surface area contributed by atoms with Gasteiger partial charge in [-0.05, 0) is 12.1 Å². The van der Waals surface area contributed by atoms with Crippen molar-refractivity contribution in [3.63, 3.8) is 0 Å².